The number of carbonyl (C=O) groups excluding carboxylic acids is 2. The van der Waals surface area contributed by atoms with Crippen molar-refractivity contribution in [1.82, 2.24) is 0 Å². The second-order valence-electron chi connectivity index (χ2n) is 4.86. The molecular weight excluding hydrogens is 335 g/mol. The number of hydrogen-bond donors (Lipinski definition) is 1. The average molecular weight is 347 g/mol. The Morgan fingerprint density at radius 2 is 1.87 bits per heavy atom. The number of carbonyl (C=O) groups is 2. The van der Waals surface area contributed by atoms with E-state index >= 15 is 0 Å². The van der Waals surface area contributed by atoms with Gasteiger partial charge in [0.15, 0.2) is 0 Å². The number of nitrogens with zero attached hydrogens (tertiary/aromatic N) is 1. The number of hydrogen-bond acceptors (Lipinski definition) is 3. The van der Waals surface area contributed by atoms with Crippen LogP contribution < -0.4 is 5.32 Å². The Kier molecular flexibility index (Phi) is 5.38. The van der Waals surface area contributed by atoms with Gasteiger partial charge in [-0.15, -0.1) is 0 Å². The fraction of sp³-hybridized carbons (Fsp3) is 0.118. The molecule has 2 rings (SSSR count). The van der Waals surface area contributed by atoms with E-state index in [2.05, 4.69) is 5.32 Å². The van der Waals surface area contributed by atoms with Gasteiger partial charge in [-0.3, -0.25) is 9.59 Å². The molecule has 1 N–H and O–H groups in total. The van der Waals surface area contributed by atoms with Crippen LogP contribution in [0.5, 0.6) is 0 Å². The number of para-hydroxylation sites is 1. The van der Waals surface area contributed by atoms with E-state index in [1.54, 1.807) is 25.1 Å². The number of Topliss-reactive ketones (excluding diaryl/α,β-unsaturated/α-hetero) is 1. The number of benzene rings is 2. The van der Waals surface area contributed by atoms with Crippen LogP contribution in [-0.2, 0) is 9.59 Å². The van der Waals surface area contributed by atoms with Gasteiger partial charge in [-0.05, 0) is 36.2 Å². The van der Waals surface area contributed by atoms with Crippen LogP contribution in [0.4, 0.5) is 5.69 Å². The molecule has 0 saturated carbocycles. The minimum Gasteiger partial charge on any atom is -0.319 e. The maximum Gasteiger partial charge on any atom is 0.293 e. The highest BCUT2D eigenvalue weighted by Gasteiger charge is 2.28. The van der Waals surface area contributed by atoms with Crippen LogP contribution in [0.2, 0.25) is 10.0 Å². The van der Waals surface area contributed by atoms with Gasteiger partial charge in [0.05, 0.1) is 6.07 Å². The Morgan fingerprint density at radius 3 is 2.48 bits per heavy atom. The number of ketones is 1. The fourth-order valence-electron chi connectivity index (χ4n) is 2.03. The molecule has 0 aliphatic carbocycles. The quantitative estimate of drug-likeness (QED) is 0.846. The predicted molar refractivity (Wildman–Crippen MR) is 89.6 cm³/mol. The van der Waals surface area contributed by atoms with Crippen molar-refractivity contribution >= 4 is 40.6 Å². The molecule has 1 amide bonds. The van der Waals surface area contributed by atoms with Gasteiger partial charge in [0.1, 0.15) is 5.92 Å². The maximum atomic E-state index is 12.3. The molecule has 4 nitrogen and oxygen atoms in total. The van der Waals surface area contributed by atoms with Gasteiger partial charge < -0.3 is 5.32 Å². The predicted octanol–water partition coefficient (Wildman–Crippen LogP) is 4.12. The molecular formula is C17H12Cl2N2O2. The van der Waals surface area contributed by atoms with E-state index in [4.69, 9.17) is 23.2 Å². The van der Waals surface area contributed by atoms with Crippen LogP contribution in [0.25, 0.3) is 0 Å². The Hall–Kier alpha value is -2.35. The number of amides is 1. The first kappa shape index (κ1) is 17.0. The molecule has 0 aliphatic rings. The first-order valence-electron chi connectivity index (χ1n) is 6.69. The summed E-state index contributed by atoms with van der Waals surface area (Å²) >= 11 is 11.8. The third-order valence-corrected chi connectivity index (χ3v) is 3.84. The molecule has 6 heteroatoms. The minimum atomic E-state index is -1.29. The van der Waals surface area contributed by atoms with Crippen LogP contribution in [-0.4, -0.2) is 11.7 Å². The third-order valence-electron chi connectivity index (χ3n) is 3.28. The molecule has 0 unspecified atom stereocenters. The molecule has 116 valence electrons. The summed E-state index contributed by atoms with van der Waals surface area (Å²) in [7, 11) is 0. The lowest BCUT2D eigenvalue weighted by Crippen LogP contribution is -2.28. The highest BCUT2D eigenvalue weighted by atomic mass is 35.5. The highest BCUT2D eigenvalue weighted by molar-refractivity contribution is 6.44. The van der Waals surface area contributed by atoms with E-state index in [1.807, 2.05) is 12.1 Å². The summed E-state index contributed by atoms with van der Waals surface area (Å²) in [5.41, 5.74) is 1.58. The van der Waals surface area contributed by atoms with Gasteiger partial charge in [-0.1, -0.05) is 47.5 Å². The van der Waals surface area contributed by atoms with Crippen molar-refractivity contribution in [3.05, 3.63) is 63.6 Å². The first-order valence-corrected chi connectivity index (χ1v) is 7.45. The van der Waals surface area contributed by atoms with E-state index in [0.717, 1.165) is 5.56 Å². The molecule has 1 atom stereocenters. The normalized spacial score (nSPS) is 11.4. The molecule has 0 saturated heterocycles. The van der Waals surface area contributed by atoms with Gasteiger partial charge in [-0.2, -0.15) is 5.26 Å². The van der Waals surface area contributed by atoms with Crippen molar-refractivity contribution in [3.8, 4) is 6.07 Å². The first-order chi connectivity index (χ1) is 10.9. The Bertz CT molecular complexity index is 812. The molecule has 23 heavy (non-hydrogen) atoms. The van der Waals surface area contributed by atoms with Crippen molar-refractivity contribution in [2.24, 2.45) is 0 Å². The minimum absolute atomic E-state index is 0.168. The zero-order valence-electron chi connectivity index (χ0n) is 12.1. The van der Waals surface area contributed by atoms with Crippen LogP contribution >= 0.6 is 23.2 Å². The molecule has 0 spiro atoms. The van der Waals surface area contributed by atoms with Gasteiger partial charge in [0, 0.05) is 15.7 Å². The number of aryl methyl sites for hydroxylation is 1. The van der Waals surface area contributed by atoms with Gasteiger partial charge in [0.2, 0.25) is 5.78 Å². The zero-order valence-corrected chi connectivity index (χ0v) is 13.7. The summed E-state index contributed by atoms with van der Waals surface area (Å²) in [5, 5.41) is 12.3. The van der Waals surface area contributed by atoms with Gasteiger partial charge in [-0.25, -0.2) is 0 Å². The monoisotopic (exact) mass is 346 g/mol. The summed E-state index contributed by atoms with van der Waals surface area (Å²) in [6.45, 7) is 1.80. The van der Waals surface area contributed by atoms with Gasteiger partial charge in [0.25, 0.3) is 5.91 Å². The van der Waals surface area contributed by atoms with E-state index in [9.17, 15) is 14.9 Å². The standard InChI is InChI=1S/C17H12Cl2N2O2/c1-10-4-2-3-5-15(10)21-17(23)16(22)13(9-20)12-7-6-11(18)8-14(12)19/h2-8,13H,1H3,(H,21,23)/t13-/m1/s1. The number of nitrogens with one attached hydrogen (secondary N) is 1. The third kappa shape index (κ3) is 3.89. The number of halogens is 2. The summed E-state index contributed by atoms with van der Waals surface area (Å²) < 4.78 is 0. The fourth-order valence-corrected chi connectivity index (χ4v) is 2.55. The number of rotatable bonds is 4. The van der Waals surface area contributed by atoms with Crippen LogP contribution in [0.1, 0.15) is 17.0 Å². The SMILES string of the molecule is Cc1ccccc1NC(=O)C(=O)[C@H](C#N)c1ccc(Cl)cc1Cl. The lowest BCUT2D eigenvalue weighted by atomic mass is 9.95. The zero-order chi connectivity index (χ0) is 17.0. The molecule has 0 bridgehead atoms. The highest BCUT2D eigenvalue weighted by Crippen LogP contribution is 2.28. The summed E-state index contributed by atoms with van der Waals surface area (Å²) in [6, 6.07) is 13.3. The van der Waals surface area contributed by atoms with E-state index < -0.39 is 17.6 Å². The lowest BCUT2D eigenvalue weighted by molar-refractivity contribution is -0.135. The molecule has 0 radical (unpaired) electrons. The molecule has 0 aliphatic heterocycles. The van der Waals surface area contributed by atoms with Crippen molar-refractivity contribution in [3.63, 3.8) is 0 Å². The molecule has 0 fully saturated rings. The average Bonchev–Trinajstić information content (AvgIpc) is 2.52. The maximum absolute atomic E-state index is 12.3. The summed E-state index contributed by atoms with van der Waals surface area (Å²) in [6.07, 6.45) is 0. The van der Waals surface area contributed by atoms with E-state index in [1.165, 1.54) is 18.2 Å². The Labute approximate surface area is 143 Å². The Morgan fingerprint density at radius 1 is 1.17 bits per heavy atom. The van der Waals surface area contributed by atoms with Crippen LogP contribution in [0.3, 0.4) is 0 Å². The van der Waals surface area contributed by atoms with Gasteiger partial charge >= 0.3 is 0 Å². The van der Waals surface area contributed by atoms with E-state index in [0.29, 0.717) is 10.7 Å². The second-order valence-corrected chi connectivity index (χ2v) is 5.70. The van der Waals surface area contributed by atoms with Crippen molar-refractivity contribution in [1.29, 1.82) is 5.26 Å². The topological polar surface area (TPSA) is 70.0 Å². The molecule has 0 heterocycles. The lowest BCUT2D eigenvalue weighted by Gasteiger charge is -2.12. The number of nitriles is 1. The Balaban J connectivity index is 2.25. The van der Waals surface area contributed by atoms with E-state index in [-0.39, 0.29) is 10.6 Å². The van der Waals surface area contributed by atoms with Crippen molar-refractivity contribution in [2.75, 3.05) is 5.32 Å². The number of anilines is 1. The van der Waals surface area contributed by atoms with Crippen LogP contribution in [0.15, 0.2) is 42.5 Å². The summed E-state index contributed by atoms with van der Waals surface area (Å²) in [5.74, 6) is -3.03. The summed E-state index contributed by atoms with van der Waals surface area (Å²) in [4.78, 5) is 24.4. The second kappa shape index (κ2) is 7.28. The molecule has 2 aromatic rings. The van der Waals surface area contributed by atoms with Crippen molar-refractivity contribution in [2.45, 2.75) is 12.8 Å². The molecule has 2 aromatic carbocycles. The van der Waals surface area contributed by atoms with Crippen LogP contribution in [0, 0.1) is 18.3 Å². The smallest absolute Gasteiger partial charge is 0.293 e. The molecule has 0 aromatic heterocycles. The van der Waals surface area contributed by atoms with Crippen molar-refractivity contribution < 1.29 is 9.59 Å². The largest absolute Gasteiger partial charge is 0.319 e.